The summed E-state index contributed by atoms with van der Waals surface area (Å²) in [6, 6.07) is 6.22. The molecule has 0 atom stereocenters. The number of hydrogen-bond donors (Lipinski definition) is 0. The molecule has 1 rings (SSSR count). The first kappa shape index (κ1) is 15.4. The van der Waals surface area contributed by atoms with Gasteiger partial charge in [0.2, 0.25) is 0 Å². The predicted octanol–water partition coefficient (Wildman–Crippen LogP) is 5.00. The van der Waals surface area contributed by atoms with Crippen LogP contribution in [0.15, 0.2) is 27.7 Å². The van der Waals surface area contributed by atoms with Gasteiger partial charge >= 0.3 is 0 Å². The van der Waals surface area contributed by atoms with Crippen molar-refractivity contribution in [2.45, 2.75) is 47.1 Å². The van der Waals surface area contributed by atoms with Gasteiger partial charge in [0.25, 0.3) is 0 Å². The molecule has 0 spiro atoms. The minimum atomic E-state index is -0.00520. The third-order valence-corrected chi connectivity index (χ3v) is 2.33. The van der Waals surface area contributed by atoms with E-state index in [1.165, 1.54) is 11.1 Å². The molecule has 0 aliphatic rings. The van der Waals surface area contributed by atoms with Crippen LogP contribution >= 0.6 is 15.9 Å². The Balaban J connectivity index is 0.00000106. The lowest BCUT2D eigenvalue weighted by molar-refractivity contribution is 0.586. The molecule has 0 radical (unpaired) electrons. The Morgan fingerprint density at radius 3 is 2.25 bits per heavy atom. The molecule has 0 amide bonds. The summed E-state index contributed by atoms with van der Waals surface area (Å²) in [4.78, 5) is 4.48. The highest BCUT2D eigenvalue weighted by molar-refractivity contribution is 9.10. The third kappa shape index (κ3) is 6.06. The smallest absolute Gasteiger partial charge is 0.0524 e. The van der Waals surface area contributed by atoms with Gasteiger partial charge in [-0.25, -0.2) is 0 Å². The van der Waals surface area contributed by atoms with Crippen molar-refractivity contribution >= 4 is 22.1 Å². The van der Waals surface area contributed by atoms with Gasteiger partial charge in [-0.05, 0) is 51.0 Å². The Hall–Kier alpha value is -0.630. The van der Waals surface area contributed by atoms with Crippen LogP contribution < -0.4 is 0 Å². The first-order valence-corrected chi connectivity index (χ1v) is 6.49. The van der Waals surface area contributed by atoms with E-state index in [0.29, 0.717) is 0 Å². The van der Waals surface area contributed by atoms with E-state index in [0.717, 1.165) is 4.47 Å². The molecule has 0 aliphatic carbocycles. The van der Waals surface area contributed by atoms with Crippen LogP contribution in [0.5, 0.6) is 0 Å². The molecule has 0 unspecified atom stereocenters. The largest absolute Gasteiger partial charge is 0.287 e. The SMILES string of the molecule is CC.Cc1ccc(Br)cc1C=NC(C)(C)C. The van der Waals surface area contributed by atoms with Crippen LogP contribution in [0.1, 0.15) is 45.7 Å². The lowest BCUT2D eigenvalue weighted by Gasteiger charge is -2.11. The maximum Gasteiger partial charge on any atom is 0.0524 e. The van der Waals surface area contributed by atoms with Crippen LogP contribution in [0.3, 0.4) is 0 Å². The molecule has 0 N–H and O–H groups in total. The van der Waals surface area contributed by atoms with Gasteiger partial charge < -0.3 is 0 Å². The quantitative estimate of drug-likeness (QED) is 0.643. The van der Waals surface area contributed by atoms with Crippen LogP contribution in [0.2, 0.25) is 0 Å². The van der Waals surface area contributed by atoms with Crippen molar-refractivity contribution in [1.82, 2.24) is 0 Å². The van der Waals surface area contributed by atoms with E-state index in [1.807, 2.05) is 26.1 Å². The van der Waals surface area contributed by atoms with Gasteiger partial charge in [0.15, 0.2) is 0 Å². The summed E-state index contributed by atoms with van der Waals surface area (Å²) in [6.07, 6.45) is 1.94. The topological polar surface area (TPSA) is 12.4 Å². The van der Waals surface area contributed by atoms with Gasteiger partial charge in [-0.2, -0.15) is 0 Å². The molecule has 1 aromatic rings. The van der Waals surface area contributed by atoms with Gasteiger partial charge in [-0.1, -0.05) is 35.8 Å². The Morgan fingerprint density at radius 2 is 1.75 bits per heavy atom. The molecule has 1 aromatic carbocycles. The number of hydrogen-bond acceptors (Lipinski definition) is 1. The standard InChI is InChI=1S/C12H16BrN.C2H6/c1-9-5-6-11(13)7-10(9)8-14-12(2,3)4;1-2/h5-8H,1-4H3;1-2H3. The van der Waals surface area contributed by atoms with Gasteiger partial charge in [-0.15, -0.1) is 0 Å². The Morgan fingerprint density at radius 1 is 1.19 bits per heavy atom. The first-order valence-electron chi connectivity index (χ1n) is 5.70. The molecule has 0 aliphatic heterocycles. The molecular weight excluding hydrogens is 262 g/mol. The normalized spacial score (nSPS) is 11.2. The highest BCUT2D eigenvalue weighted by Gasteiger charge is 2.05. The van der Waals surface area contributed by atoms with E-state index in [1.54, 1.807) is 0 Å². The van der Waals surface area contributed by atoms with E-state index in [9.17, 15) is 0 Å². The average molecular weight is 284 g/mol. The molecule has 0 saturated heterocycles. The molecule has 0 fully saturated rings. The molecular formula is C14H22BrN. The maximum atomic E-state index is 4.48. The summed E-state index contributed by atoms with van der Waals surface area (Å²) in [5.41, 5.74) is 2.42. The lowest BCUT2D eigenvalue weighted by Crippen LogP contribution is -2.09. The van der Waals surface area contributed by atoms with Crippen molar-refractivity contribution in [3.8, 4) is 0 Å². The number of aliphatic imine (C=N–C) groups is 1. The summed E-state index contributed by atoms with van der Waals surface area (Å²) in [6.45, 7) is 12.4. The molecule has 0 aromatic heterocycles. The van der Waals surface area contributed by atoms with Crippen LogP contribution in [0.4, 0.5) is 0 Å². The number of aryl methyl sites for hydroxylation is 1. The fourth-order valence-electron chi connectivity index (χ4n) is 1.01. The van der Waals surface area contributed by atoms with Crippen molar-refractivity contribution < 1.29 is 0 Å². The third-order valence-electron chi connectivity index (χ3n) is 1.83. The number of rotatable bonds is 1. The monoisotopic (exact) mass is 283 g/mol. The van der Waals surface area contributed by atoms with E-state index >= 15 is 0 Å². The molecule has 0 bridgehead atoms. The van der Waals surface area contributed by atoms with Gasteiger partial charge in [0, 0.05) is 10.7 Å². The lowest BCUT2D eigenvalue weighted by atomic mass is 10.1. The average Bonchev–Trinajstić information content (AvgIpc) is 2.21. The van der Waals surface area contributed by atoms with Crippen molar-refractivity contribution in [3.05, 3.63) is 33.8 Å². The molecule has 1 nitrogen and oxygen atoms in total. The van der Waals surface area contributed by atoms with Crippen molar-refractivity contribution in [1.29, 1.82) is 0 Å². The zero-order valence-electron chi connectivity index (χ0n) is 11.1. The fraction of sp³-hybridized carbons (Fsp3) is 0.500. The van der Waals surface area contributed by atoms with E-state index in [4.69, 9.17) is 0 Å². The summed E-state index contributed by atoms with van der Waals surface area (Å²) < 4.78 is 1.10. The van der Waals surface area contributed by atoms with Crippen LogP contribution in [-0.4, -0.2) is 11.8 Å². The van der Waals surface area contributed by atoms with Crippen LogP contribution in [-0.2, 0) is 0 Å². The molecule has 2 heteroatoms. The van der Waals surface area contributed by atoms with Gasteiger partial charge in [0.05, 0.1) is 5.54 Å². The van der Waals surface area contributed by atoms with E-state index in [-0.39, 0.29) is 5.54 Å². The fourth-order valence-corrected chi connectivity index (χ4v) is 1.39. The Bertz CT molecular complexity index is 348. The van der Waals surface area contributed by atoms with Crippen LogP contribution in [0, 0.1) is 6.92 Å². The minimum Gasteiger partial charge on any atom is -0.287 e. The predicted molar refractivity (Wildman–Crippen MR) is 77.6 cm³/mol. The molecule has 0 heterocycles. The number of halogens is 1. The summed E-state index contributed by atoms with van der Waals surface area (Å²) in [5.74, 6) is 0. The second-order valence-electron chi connectivity index (χ2n) is 4.43. The van der Waals surface area contributed by atoms with Crippen molar-refractivity contribution in [2.24, 2.45) is 4.99 Å². The second kappa shape index (κ2) is 6.85. The van der Waals surface area contributed by atoms with Gasteiger partial charge in [0.1, 0.15) is 0 Å². The molecule has 90 valence electrons. The highest BCUT2D eigenvalue weighted by Crippen LogP contribution is 2.15. The zero-order chi connectivity index (χ0) is 12.8. The summed E-state index contributed by atoms with van der Waals surface area (Å²) in [5, 5.41) is 0. The molecule has 16 heavy (non-hydrogen) atoms. The summed E-state index contributed by atoms with van der Waals surface area (Å²) >= 11 is 3.46. The van der Waals surface area contributed by atoms with E-state index < -0.39 is 0 Å². The van der Waals surface area contributed by atoms with E-state index in [2.05, 4.69) is 60.8 Å². The highest BCUT2D eigenvalue weighted by atomic mass is 79.9. The van der Waals surface area contributed by atoms with Gasteiger partial charge in [-0.3, -0.25) is 4.99 Å². The minimum absolute atomic E-state index is 0.00520. The van der Waals surface area contributed by atoms with Crippen LogP contribution in [0.25, 0.3) is 0 Å². The summed E-state index contributed by atoms with van der Waals surface area (Å²) in [7, 11) is 0. The Labute approximate surface area is 108 Å². The maximum absolute atomic E-state index is 4.48. The Kier molecular flexibility index (Phi) is 6.58. The number of nitrogens with zero attached hydrogens (tertiary/aromatic N) is 1. The number of benzene rings is 1. The van der Waals surface area contributed by atoms with Crippen molar-refractivity contribution in [2.75, 3.05) is 0 Å². The molecule has 0 saturated carbocycles. The second-order valence-corrected chi connectivity index (χ2v) is 5.35. The first-order chi connectivity index (χ1) is 7.38. The zero-order valence-corrected chi connectivity index (χ0v) is 12.7. The van der Waals surface area contributed by atoms with Crippen molar-refractivity contribution in [3.63, 3.8) is 0 Å².